The Labute approximate surface area is 199 Å². The summed E-state index contributed by atoms with van der Waals surface area (Å²) in [6, 6.07) is 25.1. The smallest absolute Gasteiger partial charge is 0.326 e. The number of hydrogen-bond acceptors (Lipinski definition) is 3. The van der Waals surface area contributed by atoms with Gasteiger partial charge in [0, 0.05) is 18.3 Å². The van der Waals surface area contributed by atoms with Crippen molar-refractivity contribution in [3.8, 4) is 17.0 Å². The molecule has 0 radical (unpaired) electrons. The number of aromatic nitrogens is 2. The second kappa shape index (κ2) is 11.5. The Morgan fingerprint density at radius 3 is 2.56 bits per heavy atom. The first-order valence-electron chi connectivity index (χ1n) is 11.3. The summed E-state index contributed by atoms with van der Waals surface area (Å²) in [5.41, 5.74) is 4.48. The molecule has 0 atom stereocenters. The number of hydrogen-bond donors (Lipinski definition) is 1. The summed E-state index contributed by atoms with van der Waals surface area (Å²) in [4.78, 5) is 20.2. The van der Waals surface area contributed by atoms with E-state index in [4.69, 9.17) is 11.3 Å². The highest BCUT2D eigenvalue weighted by Gasteiger charge is 2.08. The van der Waals surface area contributed by atoms with Gasteiger partial charge in [-0.3, -0.25) is 4.57 Å². The van der Waals surface area contributed by atoms with Crippen LogP contribution in [0.15, 0.2) is 91.4 Å². The summed E-state index contributed by atoms with van der Waals surface area (Å²) in [5, 5.41) is 2.95. The number of unbranched alkanes of at least 4 members (excludes halogenated alkanes) is 1. The molecule has 0 saturated carbocycles. The molecule has 0 aliphatic rings. The summed E-state index contributed by atoms with van der Waals surface area (Å²) in [6.07, 6.45) is 6.22. The van der Waals surface area contributed by atoms with Crippen LogP contribution in [-0.2, 0) is 13.0 Å². The maximum atomic E-state index is 12.4. The molecule has 4 aromatic rings. The van der Waals surface area contributed by atoms with Crippen LogP contribution in [0.3, 0.4) is 0 Å². The summed E-state index contributed by atoms with van der Waals surface area (Å²) < 4.78 is 7.30. The lowest BCUT2D eigenvalue weighted by molar-refractivity contribution is 0.242. The van der Waals surface area contributed by atoms with Crippen LogP contribution in [0.1, 0.15) is 24.0 Å². The molecule has 1 amide bonds. The molecule has 4 rings (SSSR count). The standard InChI is InChI=1S/C28H26N4O2/c1-29-25-12-7-11-23(18-25)20-34-26-15-13-24(14-16-26)27-19-32(21-31-27)28(33)30-17-6-5-10-22-8-3-2-4-9-22/h2-4,7-9,11-16,18-19,21H,5-6,10,17,20H2,(H,30,33). The minimum Gasteiger partial charge on any atom is -0.489 e. The van der Waals surface area contributed by atoms with Gasteiger partial charge >= 0.3 is 6.03 Å². The van der Waals surface area contributed by atoms with E-state index in [9.17, 15) is 4.79 Å². The highest BCUT2D eigenvalue weighted by atomic mass is 16.5. The van der Waals surface area contributed by atoms with Gasteiger partial charge in [0.15, 0.2) is 5.69 Å². The third kappa shape index (κ3) is 6.33. The fourth-order valence-electron chi connectivity index (χ4n) is 3.57. The number of carbonyl (C=O) groups is 1. The monoisotopic (exact) mass is 450 g/mol. The molecule has 6 heteroatoms. The molecule has 1 N–H and O–H groups in total. The van der Waals surface area contributed by atoms with Gasteiger partial charge in [-0.25, -0.2) is 14.6 Å². The molecule has 0 unspecified atom stereocenters. The zero-order chi connectivity index (χ0) is 23.6. The zero-order valence-corrected chi connectivity index (χ0v) is 18.9. The van der Waals surface area contributed by atoms with E-state index in [1.807, 2.05) is 60.7 Å². The Kier molecular flexibility index (Phi) is 7.70. The molecule has 170 valence electrons. The number of carbonyl (C=O) groups excluding carboxylic acids is 1. The van der Waals surface area contributed by atoms with Crippen molar-refractivity contribution in [1.29, 1.82) is 0 Å². The first-order chi connectivity index (χ1) is 16.7. The predicted octanol–water partition coefficient (Wildman–Crippen LogP) is 6.26. The lowest BCUT2D eigenvalue weighted by atomic mass is 10.1. The van der Waals surface area contributed by atoms with E-state index in [2.05, 4.69) is 27.3 Å². The number of nitrogens with zero attached hydrogens (tertiary/aromatic N) is 3. The minimum absolute atomic E-state index is 0.181. The fraction of sp³-hybridized carbons (Fsp3) is 0.179. The van der Waals surface area contributed by atoms with Crippen molar-refractivity contribution in [2.45, 2.75) is 25.9 Å². The first-order valence-corrected chi connectivity index (χ1v) is 11.3. The molecule has 0 bridgehead atoms. The second-order valence-electron chi connectivity index (χ2n) is 7.94. The molecule has 1 heterocycles. The Bertz CT molecular complexity index is 1260. The summed E-state index contributed by atoms with van der Waals surface area (Å²) in [7, 11) is 0. The van der Waals surface area contributed by atoms with Gasteiger partial charge in [-0.05, 0) is 60.7 Å². The van der Waals surface area contributed by atoms with E-state index in [-0.39, 0.29) is 6.03 Å². The van der Waals surface area contributed by atoms with Crippen molar-refractivity contribution in [3.63, 3.8) is 0 Å². The second-order valence-corrected chi connectivity index (χ2v) is 7.94. The minimum atomic E-state index is -0.181. The number of imidazole rings is 1. The quantitative estimate of drug-likeness (QED) is 0.242. The van der Waals surface area contributed by atoms with Crippen molar-refractivity contribution in [1.82, 2.24) is 14.9 Å². The van der Waals surface area contributed by atoms with Gasteiger partial charge in [-0.1, -0.05) is 48.5 Å². The topological polar surface area (TPSA) is 60.5 Å². The summed E-state index contributed by atoms with van der Waals surface area (Å²) in [5.74, 6) is 0.727. The average Bonchev–Trinajstić information content (AvgIpc) is 3.39. The van der Waals surface area contributed by atoms with Gasteiger partial charge in [0.05, 0.1) is 12.3 Å². The molecular weight excluding hydrogens is 424 g/mol. The molecule has 0 fully saturated rings. The lowest BCUT2D eigenvalue weighted by Gasteiger charge is -2.07. The van der Waals surface area contributed by atoms with E-state index >= 15 is 0 Å². The van der Waals surface area contributed by atoms with Crippen LogP contribution in [0, 0.1) is 6.57 Å². The van der Waals surface area contributed by atoms with Crippen LogP contribution in [0.25, 0.3) is 16.1 Å². The molecule has 0 spiro atoms. The van der Waals surface area contributed by atoms with Gasteiger partial charge in [0.1, 0.15) is 18.7 Å². The SMILES string of the molecule is [C-]#[N+]c1cccc(COc2ccc(-c3cn(C(=O)NCCCCc4ccccc4)cn3)cc2)c1. The lowest BCUT2D eigenvalue weighted by Crippen LogP contribution is -2.28. The summed E-state index contributed by atoms with van der Waals surface area (Å²) in [6.45, 7) is 8.12. The highest BCUT2D eigenvalue weighted by Crippen LogP contribution is 2.22. The van der Waals surface area contributed by atoms with Gasteiger partial charge < -0.3 is 10.1 Å². The zero-order valence-electron chi connectivity index (χ0n) is 18.9. The average molecular weight is 451 g/mol. The van der Waals surface area contributed by atoms with Crippen LogP contribution >= 0.6 is 0 Å². The highest BCUT2D eigenvalue weighted by molar-refractivity contribution is 5.77. The number of amides is 1. The predicted molar refractivity (Wildman–Crippen MR) is 133 cm³/mol. The molecule has 1 aromatic heterocycles. The largest absolute Gasteiger partial charge is 0.489 e. The fourth-order valence-corrected chi connectivity index (χ4v) is 3.57. The van der Waals surface area contributed by atoms with Crippen LogP contribution in [-0.4, -0.2) is 22.1 Å². The maximum Gasteiger partial charge on any atom is 0.326 e. The van der Waals surface area contributed by atoms with Gasteiger partial charge in [-0.2, -0.15) is 0 Å². The van der Waals surface area contributed by atoms with Crippen LogP contribution < -0.4 is 10.1 Å². The van der Waals surface area contributed by atoms with Gasteiger partial charge in [0.25, 0.3) is 0 Å². The maximum absolute atomic E-state index is 12.4. The summed E-state index contributed by atoms with van der Waals surface area (Å²) >= 11 is 0. The van der Waals surface area contributed by atoms with E-state index in [0.29, 0.717) is 18.8 Å². The van der Waals surface area contributed by atoms with E-state index in [1.54, 1.807) is 12.3 Å². The van der Waals surface area contributed by atoms with Gasteiger partial charge in [0.2, 0.25) is 0 Å². The molecule has 0 aliphatic heterocycles. The third-order valence-electron chi connectivity index (χ3n) is 5.42. The normalized spacial score (nSPS) is 10.4. The van der Waals surface area contributed by atoms with E-state index < -0.39 is 0 Å². The number of ether oxygens (including phenoxy) is 1. The number of benzene rings is 3. The number of aryl methyl sites for hydroxylation is 1. The number of rotatable bonds is 9. The number of nitrogens with one attached hydrogen (secondary N) is 1. The molecule has 0 saturated heterocycles. The van der Waals surface area contributed by atoms with Crippen molar-refractivity contribution >= 4 is 11.7 Å². The molecule has 3 aromatic carbocycles. The third-order valence-corrected chi connectivity index (χ3v) is 5.42. The molecule has 0 aliphatic carbocycles. The Balaban J connectivity index is 1.24. The van der Waals surface area contributed by atoms with Crippen LogP contribution in [0.4, 0.5) is 10.5 Å². The van der Waals surface area contributed by atoms with Crippen molar-refractivity contribution in [3.05, 3.63) is 114 Å². The Morgan fingerprint density at radius 1 is 0.971 bits per heavy atom. The van der Waals surface area contributed by atoms with E-state index in [1.165, 1.54) is 16.5 Å². The molecule has 6 nitrogen and oxygen atoms in total. The van der Waals surface area contributed by atoms with Gasteiger partial charge in [-0.15, -0.1) is 0 Å². The van der Waals surface area contributed by atoms with Crippen LogP contribution in [0.5, 0.6) is 5.75 Å². The van der Waals surface area contributed by atoms with E-state index in [0.717, 1.165) is 41.8 Å². The van der Waals surface area contributed by atoms with Crippen molar-refractivity contribution in [2.75, 3.05) is 6.54 Å². The van der Waals surface area contributed by atoms with Crippen molar-refractivity contribution in [2.24, 2.45) is 0 Å². The van der Waals surface area contributed by atoms with Crippen LogP contribution in [0.2, 0.25) is 0 Å². The Morgan fingerprint density at radius 2 is 1.76 bits per heavy atom. The molecular formula is C28H26N4O2. The first kappa shape index (κ1) is 22.8. The van der Waals surface area contributed by atoms with Crippen molar-refractivity contribution < 1.29 is 9.53 Å². The Hall–Kier alpha value is -4.37. The molecule has 34 heavy (non-hydrogen) atoms.